The molecule has 1 unspecified atom stereocenters. The van der Waals surface area contributed by atoms with Gasteiger partial charge in [0, 0.05) is 18.7 Å². The first-order valence-corrected chi connectivity index (χ1v) is 8.34. The van der Waals surface area contributed by atoms with Crippen molar-refractivity contribution in [2.75, 3.05) is 13.2 Å². The monoisotopic (exact) mass is 317 g/mol. The Balaban J connectivity index is 1.63. The summed E-state index contributed by atoms with van der Waals surface area (Å²) in [5, 5.41) is 4.85. The van der Waals surface area contributed by atoms with Crippen LogP contribution in [0, 0.1) is 6.92 Å². The molecule has 0 bridgehead atoms. The molecule has 3 heterocycles. The van der Waals surface area contributed by atoms with E-state index < -0.39 is 0 Å². The molecule has 0 aliphatic carbocycles. The minimum Gasteiger partial charge on any atom is -0.381 e. The van der Waals surface area contributed by atoms with Gasteiger partial charge >= 0.3 is 0 Å². The van der Waals surface area contributed by atoms with Crippen molar-refractivity contribution in [3.8, 4) is 0 Å². The maximum Gasteiger partial charge on any atom is 0.261 e. The van der Waals surface area contributed by atoms with Gasteiger partial charge in [-0.2, -0.15) is 0 Å². The van der Waals surface area contributed by atoms with Crippen LogP contribution in [0.5, 0.6) is 0 Å². The minimum absolute atomic E-state index is 0.0475. The first kappa shape index (κ1) is 15.1. The van der Waals surface area contributed by atoms with Gasteiger partial charge in [0.1, 0.15) is 5.82 Å². The van der Waals surface area contributed by atoms with Gasteiger partial charge in [0.25, 0.3) is 5.91 Å². The van der Waals surface area contributed by atoms with E-state index in [9.17, 15) is 4.79 Å². The van der Waals surface area contributed by atoms with Gasteiger partial charge in [-0.25, -0.2) is 9.97 Å². The maximum absolute atomic E-state index is 12.1. The molecule has 2 aromatic heterocycles. The highest BCUT2D eigenvalue weighted by atomic mass is 32.1. The Morgan fingerprint density at radius 2 is 2.41 bits per heavy atom. The van der Waals surface area contributed by atoms with Crippen molar-refractivity contribution in [3.63, 3.8) is 0 Å². The van der Waals surface area contributed by atoms with Crippen LogP contribution in [-0.4, -0.2) is 29.1 Å². The smallest absolute Gasteiger partial charge is 0.261 e. The molecule has 1 aliphatic rings. The molecule has 1 aliphatic heterocycles. The summed E-state index contributed by atoms with van der Waals surface area (Å²) in [5.41, 5.74) is 1.84. The van der Waals surface area contributed by atoms with Crippen LogP contribution in [-0.2, 0) is 11.3 Å². The molecule has 1 saturated heterocycles. The van der Waals surface area contributed by atoms with Crippen molar-refractivity contribution < 1.29 is 9.53 Å². The number of aryl methyl sites for hydroxylation is 1. The molecule has 1 N–H and O–H groups in total. The van der Waals surface area contributed by atoms with Gasteiger partial charge in [0.15, 0.2) is 0 Å². The lowest BCUT2D eigenvalue weighted by Crippen LogP contribution is -2.24. The summed E-state index contributed by atoms with van der Waals surface area (Å²) in [7, 11) is 0. The standard InChI is InChI=1S/C16H19N3O2S/c1-11-5-8-22-14(11)16(20)18-9-13-4-6-17-15(19-13)12-3-2-7-21-10-12/h4-6,8,12H,2-3,7,9-10H2,1H3,(H,18,20). The van der Waals surface area contributed by atoms with E-state index >= 15 is 0 Å². The fourth-order valence-electron chi connectivity index (χ4n) is 2.51. The highest BCUT2D eigenvalue weighted by Gasteiger charge is 2.19. The molecule has 1 fully saturated rings. The SMILES string of the molecule is Cc1ccsc1C(=O)NCc1ccnc(C2CCCOC2)n1. The molecule has 1 atom stereocenters. The number of carbonyl (C=O) groups excluding carboxylic acids is 1. The average Bonchev–Trinajstić information content (AvgIpc) is 3.00. The molecule has 0 aromatic carbocycles. The zero-order chi connectivity index (χ0) is 15.4. The van der Waals surface area contributed by atoms with Crippen molar-refractivity contribution in [2.24, 2.45) is 0 Å². The Kier molecular flexibility index (Phi) is 4.80. The molecule has 0 spiro atoms. The van der Waals surface area contributed by atoms with Gasteiger partial charge < -0.3 is 10.1 Å². The zero-order valence-electron chi connectivity index (χ0n) is 12.5. The summed E-state index contributed by atoms with van der Waals surface area (Å²) in [6.45, 7) is 3.87. The topological polar surface area (TPSA) is 64.1 Å². The second kappa shape index (κ2) is 6.98. The van der Waals surface area contributed by atoms with Crippen molar-refractivity contribution in [1.29, 1.82) is 0 Å². The molecule has 6 heteroatoms. The molecule has 0 saturated carbocycles. The lowest BCUT2D eigenvalue weighted by atomic mass is 10.0. The van der Waals surface area contributed by atoms with Crippen LogP contribution in [0.3, 0.4) is 0 Å². The Morgan fingerprint density at radius 1 is 1.50 bits per heavy atom. The summed E-state index contributed by atoms with van der Waals surface area (Å²) in [6.07, 6.45) is 3.87. The number of amides is 1. The van der Waals surface area contributed by atoms with E-state index in [-0.39, 0.29) is 11.8 Å². The summed E-state index contributed by atoms with van der Waals surface area (Å²) >= 11 is 1.46. The normalized spacial score (nSPS) is 18.1. The second-order valence-corrected chi connectivity index (χ2v) is 6.35. The quantitative estimate of drug-likeness (QED) is 0.941. The van der Waals surface area contributed by atoms with Gasteiger partial charge in [-0.15, -0.1) is 11.3 Å². The maximum atomic E-state index is 12.1. The van der Waals surface area contributed by atoms with Gasteiger partial charge in [-0.1, -0.05) is 0 Å². The van der Waals surface area contributed by atoms with E-state index in [4.69, 9.17) is 4.74 Å². The Labute approximate surface area is 133 Å². The van der Waals surface area contributed by atoms with Gasteiger partial charge in [-0.3, -0.25) is 4.79 Å². The van der Waals surface area contributed by atoms with E-state index in [2.05, 4.69) is 15.3 Å². The lowest BCUT2D eigenvalue weighted by Gasteiger charge is -2.20. The summed E-state index contributed by atoms with van der Waals surface area (Å²) < 4.78 is 5.49. The largest absolute Gasteiger partial charge is 0.381 e. The van der Waals surface area contributed by atoms with Gasteiger partial charge in [0.05, 0.1) is 23.7 Å². The number of hydrogen-bond donors (Lipinski definition) is 1. The number of nitrogens with zero attached hydrogens (tertiary/aromatic N) is 2. The van der Waals surface area contributed by atoms with E-state index in [1.165, 1.54) is 11.3 Å². The Morgan fingerprint density at radius 3 is 3.14 bits per heavy atom. The number of ether oxygens (including phenoxy) is 1. The number of aromatic nitrogens is 2. The Bertz CT molecular complexity index is 650. The molecule has 0 radical (unpaired) electrons. The molecular weight excluding hydrogens is 298 g/mol. The van der Waals surface area contributed by atoms with Crippen LogP contribution in [0.25, 0.3) is 0 Å². The van der Waals surface area contributed by atoms with Crippen molar-refractivity contribution in [3.05, 3.63) is 45.7 Å². The fourth-order valence-corrected chi connectivity index (χ4v) is 3.35. The summed E-state index contributed by atoms with van der Waals surface area (Å²) in [5.74, 6) is 1.04. The van der Waals surface area contributed by atoms with Crippen molar-refractivity contribution in [2.45, 2.75) is 32.2 Å². The molecule has 3 rings (SSSR count). The first-order valence-electron chi connectivity index (χ1n) is 7.46. The number of hydrogen-bond acceptors (Lipinski definition) is 5. The van der Waals surface area contributed by atoms with Crippen LogP contribution in [0.2, 0.25) is 0 Å². The van der Waals surface area contributed by atoms with E-state index in [1.807, 2.05) is 24.4 Å². The first-order chi connectivity index (χ1) is 10.7. The zero-order valence-corrected chi connectivity index (χ0v) is 13.4. The van der Waals surface area contributed by atoms with Crippen LogP contribution in [0.15, 0.2) is 23.7 Å². The Hall–Kier alpha value is -1.79. The van der Waals surface area contributed by atoms with E-state index in [0.29, 0.717) is 13.2 Å². The molecule has 1 amide bonds. The lowest BCUT2D eigenvalue weighted by molar-refractivity contribution is 0.0779. The van der Waals surface area contributed by atoms with Crippen LogP contribution in [0.4, 0.5) is 0 Å². The van der Waals surface area contributed by atoms with E-state index in [1.54, 1.807) is 6.20 Å². The number of nitrogens with one attached hydrogen (secondary N) is 1. The van der Waals surface area contributed by atoms with Gasteiger partial charge in [-0.05, 0) is 42.8 Å². The third-order valence-electron chi connectivity index (χ3n) is 3.76. The third kappa shape index (κ3) is 3.51. The number of rotatable bonds is 4. The van der Waals surface area contributed by atoms with Crippen LogP contribution in [0.1, 0.15) is 45.5 Å². The highest BCUT2D eigenvalue weighted by Crippen LogP contribution is 2.22. The predicted molar refractivity (Wildman–Crippen MR) is 85.1 cm³/mol. The second-order valence-electron chi connectivity index (χ2n) is 5.44. The highest BCUT2D eigenvalue weighted by molar-refractivity contribution is 7.12. The van der Waals surface area contributed by atoms with Crippen molar-refractivity contribution in [1.82, 2.24) is 15.3 Å². The minimum atomic E-state index is -0.0475. The molecular formula is C16H19N3O2S. The van der Waals surface area contributed by atoms with Crippen LogP contribution >= 0.6 is 11.3 Å². The molecule has 5 nitrogen and oxygen atoms in total. The predicted octanol–water partition coefficient (Wildman–Crippen LogP) is 2.67. The van der Waals surface area contributed by atoms with E-state index in [0.717, 1.165) is 41.4 Å². The summed E-state index contributed by atoms with van der Waals surface area (Å²) in [4.78, 5) is 21.8. The third-order valence-corrected chi connectivity index (χ3v) is 4.77. The number of carbonyl (C=O) groups is 1. The fraction of sp³-hybridized carbons (Fsp3) is 0.438. The van der Waals surface area contributed by atoms with Crippen LogP contribution < -0.4 is 5.32 Å². The summed E-state index contributed by atoms with van der Waals surface area (Å²) in [6, 6.07) is 3.79. The van der Waals surface area contributed by atoms with Crippen molar-refractivity contribution >= 4 is 17.2 Å². The molecule has 22 heavy (non-hydrogen) atoms. The number of thiophene rings is 1. The molecule has 2 aromatic rings. The van der Waals surface area contributed by atoms with Gasteiger partial charge in [0.2, 0.25) is 0 Å². The molecule has 116 valence electrons. The average molecular weight is 317 g/mol.